The van der Waals surface area contributed by atoms with Crippen LogP contribution in [0.2, 0.25) is 0 Å². The molecule has 0 aliphatic carbocycles. The van der Waals surface area contributed by atoms with E-state index in [1.165, 1.54) is 6.20 Å². The van der Waals surface area contributed by atoms with Crippen molar-refractivity contribution in [1.82, 2.24) is 10.4 Å². The number of hydrogen-bond acceptors (Lipinski definition) is 4. The van der Waals surface area contributed by atoms with Crippen molar-refractivity contribution in [2.24, 2.45) is 0 Å². The standard InChI is InChI=1S/C9H10F3N3O2/c1-2-17-8(16)15-14-7-6(9(10,11)12)4-3-5-13-7/h3-5H,2H2,1H3,(H,13,14)(H,15,16). The van der Waals surface area contributed by atoms with E-state index in [0.717, 1.165) is 12.1 Å². The van der Waals surface area contributed by atoms with E-state index < -0.39 is 23.7 Å². The Morgan fingerprint density at radius 1 is 1.53 bits per heavy atom. The fraction of sp³-hybridized carbons (Fsp3) is 0.333. The van der Waals surface area contributed by atoms with Crippen LogP contribution < -0.4 is 10.9 Å². The van der Waals surface area contributed by atoms with Gasteiger partial charge >= 0.3 is 12.3 Å². The summed E-state index contributed by atoms with van der Waals surface area (Å²) >= 11 is 0. The summed E-state index contributed by atoms with van der Waals surface area (Å²) in [5, 5.41) is 0. The predicted octanol–water partition coefficient (Wildman–Crippen LogP) is 2.17. The molecule has 0 unspecified atom stereocenters. The average Bonchev–Trinajstić information content (AvgIpc) is 2.26. The highest BCUT2D eigenvalue weighted by Gasteiger charge is 2.34. The van der Waals surface area contributed by atoms with Gasteiger partial charge in [-0.25, -0.2) is 15.2 Å². The molecule has 1 amide bonds. The Morgan fingerprint density at radius 3 is 2.82 bits per heavy atom. The Balaban J connectivity index is 2.74. The second kappa shape index (κ2) is 5.37. The summed E-state index contributed by atoms with van der Waals surface area (Å²) in [7, 11) is 0. The van der Waals surface area contributed by atoms with Gasteiger partial charge in [-0.05, 0) is 19.1 Å². The van der Waals surface area contributed by atoms with Gasteiger partial charge in [0.2, 0.25) is 0 Å². The van der Waals surface area contributed by atoms with Gasteiger partial charge in [0.1, 0.15) is 0 Å². The summed E-state index contributed by atoms with van der Waals surface area (Å²) in [6, 6.07) is 2.00. The molecule has 1 aromatic heterocycles. The number of anilines is 1. The van der Waals surface area contributed by atoms with Crippen LogP contribution in [0.15, 0.2) is 18.3 Å². The van der Waals surface area contributed by atoms with Gasteiger partial charge in [-0.3, -0.25) is 5.43 Å². The molecule has 2 N–H and O–H groups in total. The van der Waals surface area contributed by atoms with Crippen LogP contribution in [-0.2, 0) is 10.9 Å². The van der Waals surface area contributed by atoms with Gasteiger partial charge in [0.25, 0.3) is 0 Å². The molecule has 0 atom stereocenters. The zero-order valence-electron chi connectivity index (χ0n) is 8.84. The number of aromatic nitrogens is 1. The SMILES string of the molecule is CCOC(=O)NNc1ncccc1C(F)(F)F. The van der Waals surface area contributed by atoms with Gasteiger partial charge in [-0.15, -0.1) is 0 Å². The van der Waals surface area contributed by atoms with Gasteiger partial charge in [0, 0.05) is 6.20 Å². The zero-order valence-corrected chi connectivity index (χ0v) is 8.84. The molecule has 1 aromatic rings. The average molecular weight is 249 g/mol. The second-order valence-electron chi connectivity index (χ2n) is 2.87. The number of pyridine rings is 1. The molecule has 17 heavy (non-hydrogen) atoms. The first kappa shape index (κ1) is 13.1. The van der Waals surface area contributed by atoms with Crippen molar-refractivity contribution in [2.45, 2.75) is 13.1 Å². The zero-order chi connectivity index (χ0) is 12.9. The van der Waals surface area contributed by atoms with Crippen molar-refractivity contribution in [2.75, 3.05) is 12.0 Å². The first-order valence-corrected chi connectivity index (χ1v) is 4.66. The van der Waals surface area contributed by atoms with Crippen molar-refractivity contribution in [3.63, 3.8) is 0 Å². The molecule has 8 heteroatoms. The first-order valence-electron chi connectivity index (χ1n) is 4.66. The lowest BCUT2D eigenvalue weighted by molar-refractivity contribution is -0.137. The molecule has 0 radical (unpaired) electrons. The Kier molecular flexibility index (Phi) is 4.13. The lowest BCUT2D eigenvalue weighted by Gasteiger charge is -2.13. The van der Waals surface area contributed by atoms with Gasteiger partial charge in [0.05, 0.1) is 12.2 Å². The Bertz CT molecular complexity index is 395. The van der Waals surface area contributed by atoms with Crippen LogP contribution in [0.5, 0.6) is 0 Å². The molecule has 0 bridgehead atoms. The van der Waals surface area contributed by atoms with Crippen molar-refractivity contribution in [3.05, 3.63) is 23.9 Å². The summed E-state index contributed by atoms with van der Waals surface area (Å²) < 4.78 is 42.0. The minimum atomic E-state index is -4.55. The minimum Gasteiger partial charge on any atom is -0.449 e. The van der Waals surface area contributed by atoms with E-state index in [-0.39, 0.29) is 6.61 Å². The number of hydrogen-bond donors (Lipinski definition) is 2. The Morgan fingerprint density at radius 2 is 2.24 bits per heavy atom. The summed E-state index contributed by atoms with van der Waals surface area (Å²) in [5.74, 6) is -0.493. The first-order chi connectivity index (χ1) is 7.95. The molecule has 0 fully saturated rings. The topological polar surface area (TPSA) is 63.2 Å². The van der Waals surface area contributed by atoms with E-state index in [2.05, 4.69) is 9.72 Å². The predicted molar refractivity (Wildman–Crippen MR) is 53.0 cm³/mol. The fourth-order valence-corrected chi connectivity index (χ4v) is 1.01. The quantitative estimate of drug-likeness (QED) is 0.806. The van der Waals surface area contributed by atoms with Crippen LogP contribution in [0, 0.1) is 0 Å². The van der Waals surface area contributed by atoms with E-state index in [1.807, 2.05) is 10.9 Å². The third-order valence-corrected chi connectivity index (χ3v) is 1.67. The number of amides is 1. The van der Waals surface area contributed by atoms with Crippen molar-refractivity contribution < 1.29 is 22.7 Å². The number of carbonyl (C=O) groups is 1. The van der Waals surface area contributed by atoms with Crippen LogP contribution in [-0.4, -0.2) is 17.7 Å². The lowest BCUT2D eigenvalue weighted by Crippen LogP contribution is -2.31. The van der Waals surface area contributed by atoms with E-state index in [4.69, 9.17) is 0 Å². The summed E-state index contributed by atoms with van der Waals surface area (Å²) in [6.07, 6.45) is -4.26. The van der Waals surface area contributed by atoms with Gasteiger partial charge < -0.3 is 4.74 Å². The molecule has 0 aliphatic rings. The fourth-order valence-electron chi connectivity index (χ4n) is 1.01. The molecular formula is C9H10F3N3O2. The Hall–Kier alpha value is -1.99. The van der Waals surface area contributed by atoms with Crippen LogP contribution in [0.3, 0.4) is 0 Å². The molecule has 0 spiro atoms. The van der Waals surface area contributed by atoms with Crippen molar-refractivity contribution in [1.29, 1.82) is 0 Å². The van der Waals surface area contributed by atoms with Gasteiger partial charge in [-0.2, -0.15) is 13.2 Å². The van der Waals surface area contributed by atoms with Crippen LogP contribution in [0.4, 0.5) is 23.8 Å². The largest absolute Gasteiger partial charge is 0.449 e. The molecule has 1 rings (SSSR count). The number of ether oxygens (including phenoxy) is 1. The summed E-state index contributed by atoms with van der Waals surface area (Å²) in [4.78, 5) is 14.3. The number of halogens is 3. The van der Waals surface area contributed by atoms with Crippen molar-refractivity contribution >= 4 is 11.9 Å². The second-order valence-corrected chi connectivity index (χ2v) is 2.87. The maximum absolute atomic E-state index is 12.5. The number of carbonyl (C=O) groups excluding carboxylic acids is 1. The van der Waals surface area contributed by atoms with Crippen molar-refractivity contribution in [3.8, 4) is 0 Å². The number of nitrogens with one attached hydrogen (secondary N) is 2. The van der Waals surface area contributed by atoms with Crippen LogP contribution in [0.1, 0.15) is 12.5 Å². The van der Waals surface area contributed by atoms with E-state index in [0.29, 0.717) is 0 Å². The Labute approximate surface area is 95.0 Å². The maximum Gasteiger partial charge on any atom is 0.425 e. The van der Waals surface area contributed by atoms with Gasteiger partial charge in [0.15, 0.2) is 5.82 Å². The third-order valence-electron chi connectivity index (χ3n) is 1.67. The normalized spacial score (nSPS) is 10.8. The number of alkyl halides is 3. The number of hydrazine groups is 1. The number of rotatable bonds is 3. The highest BCUT2D eigenvalue weighted by Crippen LogP contribution is 2.32. The molecular weight excluding hydrogens is 239 g/mol. The summed E-state index contributed by atoms with van der Waals surface area (Å²) in [6.45, 7) is 1.68. The van der Waals surface area contributed by atoms with E-state index in [1.54, 1.807) is 6.92 Å². The monoisotopic (exact) mass is 249 g/mol. The maximum atomic E-state index is 12.5. The molecule has 1 heterocycles. The smallest absolute Gasteiger partial charge is 0.425 e. The summed E-state index contributed by atoms with van der Waals surface area (Å²) in [5.41, 5.74) is 3.01. The molecule has 5 nitrogen and oxygen atoms in total. The molecule has 0 aliphatic heterocycles. The third kappa shape index (κ3) is 3.82. The van der Waals surface area contributed by atoms with Gasteiger partial charge in [-0.1, -0.05) is 0 Å². The highest BCUT2D eigenvalue weighted by molar-refractivity contribution is 5.69. The van der Waals surface area contributed by atoms with Crippen LogP contribution in [0.25, 0.3) is 0 Å². The molecule has 0 saturated heterocycles. The minimum absolute atomic E-state index is 0.113. The lowest BCUT2D eigenvalue weighted by atomic mass is 10.2. The molecule has 0 aromatic carbocycles. The highest BCUT2D eigenvalue weighted by atomic mass is 19.4. The molecule has 94 valence electrons. The van der Waals surface area contributed by atoms with Crippen LogP contribution >= 0.6 is 0 Å². The number of nitrogens with zero attached hydrogens (tertiary/aromatic N) is 1. The molecule has 0 saturated carbocycles. The van der Waals surface area contributed by atoms with E-state index >= 15 is 0 Å². The van der Waals surface area contributed by atoms with E-state index in [9.17, 15) is 18.0 Å².